The van der Waals surface area contributed by atoms with E-state index in [1.807, 2.05) is 12.1 Å². The summed E-state index contributed by atoms with van der Waals surface area (Å²) in [5.41, 5.74) is 7.16. The third-order valence-electron chi connectivity index (χ3n) is 3.77. The van der Waals surface area contributed by atoms with Gasteiger partial charge in [0, 0.05) is 23.7 Å². The summed E-state index contributed by atoms with van der Waals surface area (Å²) in [6, 6.07) is 9.09. The van der Waals surface area contributed by atoms with E-state index in [4.69, 9.17) is 17.3 Å². The van der Waals surface area contributed by atoms with E-state index < -0.39 is 0 Å². The highest BCUT2D eigenvalue weighted by Crippen LogP contribution is 2.29. The molecule has 0 aliphatic carbocycles. The Balaban J connectivity index is 2.15. The van der Waals surface area contributed by atoms with Crippen molar-refractivity contribution in [1.29, 1.82) is 0 Å². The monoisotopic (exact) mass is 252 g/mol. The van der Waals surface area contributed by atoms with Gasteiger partial charge in [-0.1, -0.05) is 30.2 Å². The maximum atomic E-state index is 6.05. The zero-order valence-corrected chi connectivity index (χ0v) is 11.2. The van der Waals surface area contributed by atoms with Crippen LogP contribution in [0.1, 0.15) is 37.8 Å². The molecule has 1 aromatic carbocycles. The molecule has 0 saturated carbocycles. The normalized spacial score (nSPS) is 23.6. The lowest BCUT2D eigenvalue weighted by Crippen LogP contribution is -2.45. The standard InChI is InChI=1S/C14H21ClN2/c1-11(12-5-4-6-13(15)9-12)17-8-3-2-7-14(17)10-16/h4-6,9,11,14H,2-3,7-8,10,16H2,1H3. The fourth-order valence-electron chi connectivity index (χ4n) is 2.74. The number of nitrogens with two attached hydrogens (primary N) is 1. The van der Waals surface area contributed by atoms with Gasteiger partial charge in [0.15, 0.2) is 0 Å². The van der Waals surface area contributed by atoms with E-state index in [0.29, 0.717) is 12.1 Å². The second-order valence-electron chi connectivity index (χ2n) is 4.85. The van der Waals surface area contributed by atoms with Crippen LogP contribution >= 0.6 is 11.6 Å². The minimum Gasteiger partial charge on any atom is -0.329 e. The van der Waals surface area contributed by atoms with Gasteiger partial charge in [-0.15, -0.1) is 0 Å². The van der Waals surface area contributed by atoms with Crippen LogP contribution in [0.25, 0.3) is 0 Å². The number of benzene rings is 1. The molecule has 1 heterocycles. The molecule has 2 nitrogen and oxygen atoms in total. The molecule has 94 valence electrons. The van der Waals surface area contributed by atoms with Crippen molar-refractivity contribution in [3.05, 3.63) is 34.9 Å². The van der Waals surface area contributed by atoms with Gasteiger partial charge in [0.2, 0.25) is 0 Å². The van der Waals surface area contributed by atoms with Crippen LogP contribution in [-0.4, -0.2) is 24.0 Å². The van der Waals surface area contributed by atoms with Crippen molar-refractivity contribution in [2.75, 3.05) is 13.1 Å². The van der Waals surface area contributed by atoms with Crippen molar-refractivity contribution < 1.29 is 0 Å². The zero-order chi connectivity index (χ0) is 12.3. The molecule has 1 saturated heterocycles. The topological polar surface area (TPSA) is 29.3 Å². The molecule has 3 heteroatoms. The van der Waals surface area contributed by atoms with Gasteiger partial charge in [-0.05, 0) is 44.0 Å². The van der Waals surface area contributed by atoms with E-state index in [2.05, 4.69) is 24.0 Å². The average Bonchev–Trinajstić information content (AvgIpc) is 2.38. The molecule has 2 N–H and O–H groups in total. The summed E-state index contributed by atoms with van der Waals surface area (Å²) in [4.78, 5) is 2.52. The Bertz CT molecular complexity index is 367. The Labute approximate surface area is 109 Å². The molecule has 1 fully saturated rings. The van der Waals surface area contributed by atoms with Crippen LogP contribution < -0.4 is 5.73 Å². The van der Waals surface area contributed by atoms with Crippen molar-refractivity contribution in [2.45, 2.75) is 38.3 Å². The first-order valence-electron chi connectivity index (χ1n) is 6.43. The second-order valence-corrected chi connectivity index (χ2v) is 5.29. The first kappa shape index (κ1) is 12.9. The van der Waals surface area contributed by atoms with Gasteiger partial charge in [-0.3, -0.25) is 4.90 Å². The second kappa shape index (κ2) is 5.85. The van der Waals surface area contributed by atoms with E-state index in [-0.39, 0.29) is 0 Å². The average molecular weight is 253 g/mol. The Hall–Kier alpha value is -0.570. The van der Waals surface area contributed by atoms with Gasteiger partial charge in [0.25, 0.3) is 0 Å². The van der Waals surface area contributed by atoms with Crippen LogP contribution in [-0.2, 0) is 0 Å². The van der Waals surface area contributed by atoms with Gasteiger partial charge < -0.3 is 5.73 Å². The van der Waals surface area contributed by atoms with Gasteiger partial charge >= 0.3 is 0 Å². The SMILES string of the molecule is CC(c1cccc(Cl)c1)N1CCCCC1CN. The highest BCUT2D eigenvalue weighted by molar-refractivity contribution is 6.30. The smallest absolute Gasteiger partial charge is 0.0409 e. The number of rotatable bonds is 3. The Kier molecular flexibility index (Phi) is 4.43. The fraction of sp³-hybridized carbons (Fsp3) is 0.571. The summed E-state index contributed by atoms with van der Waals surface area (Å²) in [6.07, 6.45) is 3.81. The molecule has 0 spiro atoms. The summed E-state index contributed by atoms with van der Waals surface area (Å²) in [5.74, 6) is 0. The molecule has 0 radical (unpaired) electrons. The number of hydrogen-bond acceptors (Lipinski definition) is 2. The third-order valence-corrected chi connectivity index (χ3v) is 4.01. The summed E-state index contributed by atoms with van der Waals surface area (Å²) < 4.78 is 0. The van der Waals surface area contributed by atoms with Crippen molar-refractivity contribution in [3.63, 3.8) is 0 Å². The minimum absolute atomic E-state index is 0.405. The molecule has 1 aliphatic rings. The van der Waals surface area contributed by atoms with E-state index in [0.717, 1.165) is 18.1 Å². The van der Waals surface area contributed by atoms with Gasteiger partial charge in [0.05, 0.1) is 0 Å². The summed E-state index contributed by atoms with van der Waals surface area (Å²) >= 11 is 6.05. The molecule has 2 unspecified atom stereocenters. The van der Waals surface area contributed by atoms with Crippen LogP contribution in [0, 0.1) is 0 Å². The largest absolute Gasteiger partial charge is 0.329 e. The Morgan fingerprint density at radius 1 is 1.47 bits per heavy atom. The van der Waals surface area contributed by atoms with Crippen molar-refractivity contribution in [2.24, 2.45) is 5.73 Å². The molecule has 0 amide bonds. The van der Waals surface area contributed by atoms with E-state index >= 15 is 0 Å². The van der Waals surface area contributed by atoms with Gasteiger partial charge in [-0.2, -0.15) is 0 Å². The van der Waals surface area contributed by atoms with Crippen molar-refractivity contribution >= 4 is 11.6 Å². The number of halogens is 1. The highest BCUT2D eigenvalue weighted by atomic mass is 35.5. The predicted octanol–water partition coefficient (Wildman–Crippen LogP) is 3.21. The molecule has 2 atom stereocenters. The summed E-state index contributed by atoms with van der Waals surface area (Å²) in [6.45, 7) is 4.15. The maximum absolute atomic E-state index is 6.05. The fourth-order valence-corrected chi connectivity index (χ4v) is 2.94. The van der Waals surface area contributed by atoms with Crippen LogP contribution in [0.15, 0.2) is 24.3 Å². The molecule has 2 rings (SSSR count). The molecular formula is C14H21ClN2. The van der Waals surface area contributed by atoms with E-state index in [9.17, 15) is 0 Å². The van der Waals surface area contributed by atoms with E-state index in [1.165, 1.54) is 24.8 Å². The lowest BCUT2D eigenvalue weighted by atomic mass is 9.97. The number of likely N-dealkylation sites (tertiary alicyclic amines) is 1. The Morgan fingerprint density at radius 2 is 2.29 bits per heavy atom. The third kappa shape index (κ3) is 3.01. The van der Waals surface area contributed by atoms with Gasteiger partial charge in [-0.25, -0.2) is 0 Å². The quantitative estimate of drug-likeness (QED) is 0.895. The summed E-state index contributed by atoms with van der Waals surface area (Å²) in [7, 11) is 0. The maximum Gasteiger partial charge on any atom is 0.0409 e. The molecule has 17 heavy (non-hydrogen) atoms. The van der Waals surface area contributed by atoms with Crippen LogP contribution in [0.3, 0.4) is 0 Å². The molecule has 0 aromatic heterocycles. The predicted molar refractivity (Wildman–Crippen MR) is 73.3 cm³/mol. The molecular weight excluding hydrogens is 232 g/mol. The molecule has 1 aliphatic heterocycles. The lowest BCUT2D eigenvalue weighted by molar-refractivity contribution is 0.108. The number of piperidine rings is 1. The van der Waals surface area contributed by atoms with Crippen molar-refractivity contribution in [3.8, 4) is 0 Å². The minimum atomic E-state index is 0.405. The Morgan fingerprint density at radius 3 is 3.00 bits per heavy atom. The van der Waals surface area contributed by atoms with Gasteiger partial charge in [0.1, 0.15) is 0 Å². The summed E-state index contributed by atoms with van der Waals surface area (Å²) in [5, 5.41) is 0.815. The first-order valence-corrected chi connectivity index (χ1v) is 6.81. The molecule has 0 bridgehead atoms. The lowest BCUT2D eigenvalue weighted by Gasteiger charge is -2.39. The number of nitrogens with zero attached hydrogens (tertiary/aromatic N) is 1. The van der Waals surface area contributed by atoms with Crippen molar-refractivity contribution in [1.82, 2.24) is 4.90 Å². The van der Waals surface area contributed by atoms with Crippen LogP contribution in [0.4, 0.5) is 0 Å². The van der Waals surface area contributed by atoms with E-state index in [1.54, 1.807) is 0 Å². The first-order chi connectivity index (χ1) is 8.22. The highest BCUT2D eigenvalue weighted by Gasteiger charge is 2.26. The number of hydrogen-bond donors (Lipinski definition) is 1. The zero-order valence-electron chi connectivity index (χ0n) is 10.4. The van der Waals surface area contributed by atoms with Crippen LogP contribution in [0.5, 0.6) is 0 Å². The van der Waals surface area contributed by atoms with Crippen LogP contribution in [0.2, 0.25) is 5.02 Å². The molecule has 1 aromatic rings.